The van der Waals surface area contributed by atoms with Crippen LogP contribution >= 0.6 is 0 Å². The van der Waals surface area contributed by atoms with Crippen molar-refractivity contribution in [2.45, 2.75) is 13.2 Å². The first-order valence-electron chi connectivity index (χ1n) is 11.5. The Morgan fingerprint density at radius 3 is 0.917 bits per heavy atom. The van der Waals surface area contributed by atoms with Crippen LogP contribution in [0.25, 0.3) is 33.4 Å². The van der Waals surface area contributed by atoms with E-state index in [4.69, 9.17) is 18.9 Å². The molecule has 0 atom stereocenters. The van der Waals surface area contributed by atoms with E-state index in [1.807, 2.05) is 72.8 Å². The summed E-state index contributed by atoms with van der Waals surface area (Å²) in [5, 5.41) is 19.6. The number of hydrogen-bond donors (Lipinski definition) is 2. The molecular formula is C30H30O6. The summed E-state index contributed by atoms with van der Waals surface area (Å²) < 4.78 is 23.2. The number of methoxy groups -OCH3 is 4. The van der Waals surface area contributed by atoms with Crippen LogP contribution in [0.15, 0.2) is 72.8 Å². The molecule has 0 saturated carbocycles. The fraction of sp³-hybridized carbons (Fsp3) is 0.200. The fourth-order valence-electron chi connectivity index (χ4n) is 4.69. The fourth-order valence-corrected chi connectivity index (χ4v) is 4.69. The van der Waals surface area contributed by atoms with Crippen LogP contribution < -0.4 is 18.9 Å². The Hall–Kier alpha value is -4.00. The zero-order chi connectivity index (χ0) is 25.7. The summed E-state index contributed by atoms with van der Waals surface area (Å²) >= 11 is 0. The van der Waals surface area contributed by atoms with Crippen molar-refractivity contribution in [1.82, 2.24) is 0 Å². The van der Waals surface area contributed by atoms with E-state index in [-0.39, 0.29) is 13.2 Å². The van der Waals surface area contributed by atoms with Gasteiger partial charge < -0.3 is 29.2 Å². The van der Waals surface area contributed by atoms with E-state index in [9.17, 15) is 10.2 Å². The summed E-state index contributed by atoms with van der Waals surface area (Å²) in [5.74, 6) is 2.50. The monoisotopic (exact) mass is 486 g/mol. The first-order valence-corrected chi connectivity index (χ1v) is 11.5. The summed E-state index contributed by atoms with van der Waals surface area (Å²) in [5.41, 5.74) is 6.34. The number of benzene rings is 4. The molecule has 0 bridgehead atoms. The van der Waals surface area contributed by atoms with E-state index in [2.05, 4.69) is 0 Å². The van der Waals surface area contributed by atoms with Crippen LogP contribution in [0.5, 0.6) is 23.0 Å². The lowest BCUT2D eigenvalue weighted by atomic mass is 9.92. The highest BCUT2D eigenvalue weighted by Crippen LogP contribution is 2.48. The van der Waals surface area contributed by atoms with Gasteiger partial charge in [-0.2, -0.15) is 0 Å². The predicted octanol–water partition coefficient (Wildman–Crippen LogP) is 5.71. The molecule has 0 heterocycles. The lowest BCUT2D eigenvalue weighted by Crippen LogP contribution is -1.99. The minimum atomic E-state index is -0.135. The second-order valence-electron chi connectivity index (χ2n) is 8.08. The Morgan fingerprint density at radius 2 is 0.667 bits per heavy atom. The Morgan fingerprint density at radius 1 is 0.417 bits per heavy atom. The van der Waals surface area contributed by atoms with Gasteiger partial charge in [0.15, 0.2) is 0 Å². The Balaban J connectivity index is 1.97. The molecule has 0 aliphatic heterocycles. The van der Waals surface area contributed by atoms with Crippen molar-refractivity contribution >= 4 is 0 Å². The maximum atomic E-state index is 9.81. The van der Waals surface area contributed by atoms with Crippen molar-refractivity contribution in [3.63, 3.8) is 0 Å². The third-order valence-electron chi connectivity index (χ3n) is 6.25. The molecule has 0 unspecified atom stereocenters. The van der Waals surface area contributed by atoms with Gasteiger partial charge in [-0.3, -0.25) is 0 Å². The lowest BCUT2D eigenvalue weighted by molar-refractivity contribution is 0.273. The summed E-state index contributed by atoms with van der Waals surface area (Å²) in [7, 11) is 6.45. The van der Waals surface area contributed by atoms with Gasteiger partial charge in [-0.1, -0.05) is 72.8 Å². The molecule has 4 rings (SSSR count). The quantitative estimate of drug-likeness (QED) is 0.316. The van der Waals surface area contributed by atoms with Crippen LogP contribution in [0, 0.1) is 0 Å². The first kappa shape index (κ1) is 25.1. The van der Waals surface area contributed by atoms with Gasteiger partial charge in [-0.15, -0.1) is 0 Å². The summed E-state index contributed by atoms with van der Waals surface area (Å²) in [6.07, 6.45) is 0. The van der Waals surface area contributed by atoms with Crippen LogP contribution in [-0.4, -0.2) is 38.7 Å². The van der Waals surface area contributed by atoms with Crippen LogP contribution in [0.4, 0.5) is 0 Å². The summed E-state index contributed by atoms with van der Waals surface area (Å²) in [6.45, 7) is -0.271. The first-order chi connectivity index (χ1) is 17.6. The predicted molar refractivity (Wildman–Crippen MR) is 141 cm³/mol. The van der Waals surface area contributed by atoms with Gasteiger partial charge in [0.25, 0.3) is 0 Å². The number of para-hydroxylation sites is 4. The number of aliphatic hydroxyl groups excluding tert-OH is 2. The van der Waals surface area contributed by atoms with Crippen molar-refractivity contribution < 1.29 is 29.2 Å². The van der Waals surface area contributed by atoms with E-state index in [1.165, 1.54) is 0 Å². The molecule has 0 aromatic heterocycles. The molecule has 0 saturated heterocycles. The molecule has 0 radical (unpaired) electrons. The average molecular weight is 487 g/mol. The second kappa shape index (κ2) is 11.2. The Bertz CT molecular complexity index is 1260. The number of rotatable bonds is 9. The molecule has 0 amide bonds. The summed E-state index contributed by atoms with van der Waals surface area (Å²) in [6, 6.07) is 23.1. The molecule has 36 heavy (non-hydrogen) atoms. The van der Waals surface area contributed by atoms with Crippen molar-refractivity contribution in [3.8, 4) is 56.4 Å². The number of hydrogen-bond acceptors (Lipinski definition) is 6. The van der Waals surface area contributed by atoms with Crippen molar-refractivity contribution in [1.29, 1.82) is 0 Å². The van der Waals surface area contributed by atoms with Crippen molar-refractivity contribution in [2.75, 3.05) is 28.4 Å². The van der Waals surface area contributed by atoms with Gasteiger partial charge in [0.05, 0.1) is 41.7 Å². The van der Waals surface area contributed by atoms with Crippen molar-refractivity contribution in [3.05, 3.63) is 83.9 Å². The highest BCUT2D eigenvalue weighted by atomic mass is 16.5. The highest BCUT2D eigenvalue weighted by molar-refractivity contribution is 5.91. The molecule has 0 aliphatic rings. The Kier molecular flexibility index (Phi) is 7.78. The van der Waals surface area contributed by atoms with E-state index < -0.39 is 0 Å². The molecule has 4 aromatic carbocycles. The van der Waals surface area contributed by atoms with Gasteiger partial charge in [0, 0.05) is 44.5 Å². The molecule has 4 aromatic rings. The topological polar surface area (TPSA) is 77.4 Å². The van der Waals surface area contributed by atoms with Gasteiger partial charge >= 0.3 is 0 Å². The standard InChI is InChI=1S/C30H30O6/c1-33-27-19(17-31)9-5-11-21(27)23-13-7-15-25(29(23)35-3)26-16-8-14-24(30(26)36-4)22-12-6-10-20(18-32)28(22)34-2/h5-16,31-32H,17-18H2,1-4H3. The van der Waals surface area contributed by atoms with Crippen molar-refractivity contribution in [2.24, 2.45) is 0 Å². The SMILES string of the molecule is COc1c(CO)cccc1-c1cccc(-c2cccc(-c3cccc(CO)c3OC)c2OC)c1OC. The van der Waals surface area contributed by atoms with Crippen LogP contribution in [0.1, 0.15) is 11.1 Å². The van der Waals surface area contributed by atoms with Crippen LogP contribution in [-0.2, 0) is 13.2 Å². The normalized spacial score (nSPS) is 10.7. The van der Waals surface area contributed by atoms with Gasteiger partial charge in [-0.05, 0) is 0 Å². The van der Waals surface area contributed by atoms with E-state index in [0.29, 0.717) is 34.1 Å². The van der Waals surface area contributed by atoms with E-state index >= 15 is 0 Å². The molecule has 0 fully saturated rings. The van der Waals surface area contributed by atoms with Crippen LogP contribution in [0.3, 0.4) is 0 Å². The molecule has 186 valence electrons. The Labute approximate surface area is 211 Å². The zero-order valence-electron chi connectivity index (χ0n) is 20.9. The summed E-state index contributed by atoms with van der Waals surface area (Å²) in [4.78, 5) is 0. The van der Waals surface area contributed by atoms with Crippen LogP contribution in [0.2, 0.25) is 0 Å². The smallest absolute Gasteiger partial charge is 0.134 e. The lowest BCUT2D eigenvalue weighted by Gasteiger charge is -2.20. The number of ether oxygens (including phenoxy) is 4. The molecule has 6 heteroatoms. The zero-order valence-corrected chi connectivity index (χ0v) is 20.9. The molecular weight excluding hydrogens is 456 g/mol. The largest absolute Gasteiger partial charge is 0.496 e. The molecule has 0 aliphatic carbocycles. The minimum Gasteiger partial charge on any atom is -0.496 e. The maximum absolute atomic E-state index is 9.81. The van der Waals surface area contributed by atoms with Gasteiger partial charge in [0.1, 0.15) is 23.0 Å². The highest BCUT2D eigenvalue weighted by Gasteiger charge is 2.22. The number of aliphatic hydroxyl groups is 2. The van der Waals surface area contributed by atoms with Gasteiger partial charge in [-0.25, -0.2) is 0 Å². The minimum absolute atomic E-state index is 0.135. The third-order valence-corrected chi connectivity index (χ3v) is 6.25. The maximum Gasteiger partial charge on any atom is 0.134 e. The molecule has 2 N–H and O–H groups in total. The van der Waals surface area contributed by atoms with Gasteiger partial charge in [0.2, 0.25) is 0 Å². The molecule has 0 spiro atoms. The second-order valence-corrected chi connectivity index (χ2v) is 8.08. The van der Waals surface area contributed by atoms with E-state index in [0.717, 1.165) is 33.4 Å². The average Bonchev–Trinajstić information content (AvgIpc) is 2.94. The molecule has 6 nitrogen and oxygen atoms in total. The van der Waals surface area contributed by atoms with E-state index in [1.54, 1.807) is 28.4 Å². The third kappa shape index (κ3) is 4.37.